The highest BCUT2D eigenvalue weighted by Crippen LogP contribution is 2.71. The van der Waals surface area contributed by atoms with Crippen LogP contribution in [0.4, 0.5) is 15.3 Å². The summed E-state index contributed by atoms with van der Waals surface area (Å²) in [6.45, 7) is 2.34. The number of imide groups is 1. The first-order valence-electron chi connectivity index (χ1n) is 29.5. The molecule has 86 heavy (non-hydrogen) atoms. The average Bonchev–Trinajstić information content (AvgIpc) is 1.37. The van der Waals surface area contributed by atoms with Crippen molar-refractivity contribution in [1.82, 2.24) is 20.0 Å². The molecule has 3 aliphatic heterocycles. The van der Waals surface area contributed by atoms with Gasteiger partial charge in [-0.2, -0.15) is 0 Å². The van der Waals surface area contributed by atoms with Crippen LogP contribution in [0.5, 0.6) is 5.75 Å². The molecule has 0 spiro atoms. The zero-order valence-corrected chi connectivity index (χ0v) is 48.6. The van der Waals surface area contributed by atoms with Crippen LogP contribution in [-0.2, 0) is 65.5 Å². The number of nitrogens with zero attached hydrogens (tertiary/aromatic N) is 3. The number of allylic oxidation sites excluding steroid dienone is 4. The SMILES string of the molecule is CN(CCN(C)C(=O)O[C@H]1C[C@@]2(C)[C@@H](C[C@H]3O[C@@H](c4ccc(CC56CC(N)(C5)C6)cc4)O[C@]32C(=O)CO)[C@@H]2CCC3=CC(=O)C=C[C@]3(C)[C@H]21)C(=O)OCc1ccc(O[C@@H]2OC[C@@H](O)[C@H](O)[C@H]2O)c(NC(=O)CCNC(=O)CCN2C(=O)C=CC2=O)c1. The summed E-state index contributed by atoms with van der Waals surface area (Å²) in [4.78, 5) is 108. The Labute approximate surface area is 496 Å². The number of hydrogen-bond donors (Lipinski definition) is 7. The fourth-order valence-corrected chi connectivity index (χ4v) is 15.7. The molecule has 0 aromatic heterocycles. The minimum atomic E-state index is -1.68. The molecular formula is C62H76N6O18. The van der Waals surface area contributed by atoms with Crippen LogP contribution in [0.3, 0.4) is 0 Å². The molecule has 0 radical (unpaired) electrons. The fourth-order valence-electron chi connectivity index (χ4n) is 15.7. The lowest BCUT2D eigenvalue weighted by Crippen LogP contribution is -2.72. The number of hydrogen-bond acceptors (Lipinski definition) is 19. The third kappa shape index (κ3) is 11.2. The third-order valence-electron chi connectivity index (χ3n) is 19.9. The van der Waals surface area contributed by atoms with Crippen molar-refractivity contribution in [3.05, 3.63) is 95.1 Å². The van der Waals surface area contributed by atoms with Crippen LogP contribution in [-0.4, -0.2) is 184 Å². The van der Waals surface area contributed by atoms with Crippen molar-refractivity contribution in [2.24, 2.45) is 39.7 Å². The number of benzene rings is 2. The summed E-state index contributed by atoms with van der Waals surface area (Å²) in [5, 5.41) is 46.8. The molecule has 8 N–H and O–H groups in total. The Hall–Kier alpha value is -6.90. The topological polar surface area (TPSA) is 333 Å². The van der Waals surface area contributed by atoms with E-state index in [2.05, 4.69) is 29.7 Å². The van der Waals surface area contributed by atoms with Gasteiger partial charge in [-0.3, -0.25) is 33.7 Å². The van der Waals surface area contributed by atoms with E-state index in [0.29, 0.717) is 24.8 Å². The highest BCUT2D eigenvalue weighted by atomic mass is 16.7. The number of amides is 6. The first-order chi connectivity index (χ1) is 40.9. The van der Waals surface area contributed by atoms with Crippen molar-refractivity contribution in [2.45, 2.75) is 139 Å². The largest absolute Gasteiger partial charge is 0.460 e. The van der Waals surface area contributed by atoms with Gasteiger partial charge in [0.15, 0.2) is 23.5 Å². The van der Waals surface area contributed by atoms with Crippen molar-refractivity contribution < 1.29 is 87.2 Å². The Morgan fingerprint density at radius 3 is 2.27 bits per heavy atom. The lowest BCUT2D eigenvalue weighted by molar-refractivity contribution is -0.241. The predicted molar refractivity (Wildman–Crippen MR) is 302 cm³/mol. The zero-order valence-electron chi connectivity index (χ0n) is 48.6. The van der Waals surface area contributed by atoms with Crippen LogP contribution >= 0.6 is 0 Å². The Morgan fingerprint density at radius 1 is 0.872 bits per heavy atom. The molecule has 2 bridgehead atoms. The number of carbonyl (C=O) groups is 8. The first-order valence-corrected chi connectivity index (χ1v) is 29.5. The summed E-state index contributed by atoms with van der Waals surface area (Å²) in [6.07, 6.45) is 2.95. The van der Waals surface area contributed by atoms with Crippen LogP contribution in [0.15, 0.2) is 78.4 Å². The molecule has 3 heterocycles. The van der Waals surface area contributed by atoms with E-state index in [9.17, 15) is 58.8 Å². The maximum atomic E-state index is 14.5. The van der Waals surface area contributed by atoms with Gasteiger partial charge in [-0.05, 0) is 104 Å². The Balaban J connectivity index is 0.732. The van der Waals surface area contributed by atoms with E-state index < -0.39 is 108 Å². The van der Waals surface area contributed by atoms with Crippen LogP contribution in [0.2, 0.25) is 0 Å². The van der Waals surface area contributed by atoms with Gasteiger partial charge in [0, 0.05) is 93.1 Å². The number of fused-ring (bicyclic) bond motifs is 7. The molecule has 2 aromatic rings. The van der Waals surface area contributed by atoms with Crippen molar-refractivity contribution in [3.63, 3.8) is 0 Å². The zero-order chi connectivity index (χ0) is 61.3. The number of nitrogens with two attached hydrogens (primary N) is 1. The number of ether oxygens (including phenoxy) is 6. The van der Waals surface area contributed by atoms with E-state index in [0.717, 1.165) is 53.9 Å². The standard InChI is InChI=1S/C62H76N6O18/c1-58-18-15-38(70)24-37(58)10-11-39-40-25-46-62(45(72)28-69,86-54(85-46)36-8-5-34(6-9-36)26-60-31-61(63,32-60)33-60)59(40,2)27-44(51(39)58)84-57(80)67(4)22-21-66(3)56(79)82-29-35-7-12-43(83-55-53(78)52(77)42(71)30-81-55)41(23-35)65-48(74)16-19-64-47(73)17-20-68-49(75)13-14-50(68)76/h5-9,12-15,18,23-24,39-40,42,44,46,51-55,69,71,77-78H,10-11,16-17,19-22,25-33,63H2,1-4H3,(H,64,73)(H,65,74)/t39-,40-,42+,44-,46+,51+,52-,53+,54+,55-,58-,59-,60?,61?,62+/m0/s1. The van der Waals surface area contributed by atoms with E-state index >= 15 is 0 Å². The van der Waals surface area contributed by atoms with Gasteiger partial charge in [-0.1, -0.05) is 55.8 Å². The van der Waals surface area contributed by atoms with Gasteiger partial charge in [0.25, 0.3) is 11.8 Å². The van der Waals surface area contributed by atoms with Crippen molar-refractivity contribution in [3.8, 4) is 5.75 Å². The predicted octanol–water partition coefficient (Wildman–Crippen LogP) is 2.64. The van der Waals surface area contributed by atoms with Gasteiger partial charge in [0.1, 0.15) is 43.4 Å². The van der Waals surface area contributed by atoms with Crippen molar-refractivity contribution in [2.75, 3.05) is 58.8 Å². The number of aliphatic hydroxyl groups excluding tert-OH is 4. The number of rotatable bonds is 20. The van der Waals surface area contributed by atoms with Gasteiger partial charge in [-0.15, -0.1) is 0 Å². The number of anilines is 1. The minimum absolute atomic E-state index is 0.00192. The van der Waals surface area contributed by atoms with Crippen LogP contribution in [0.25, 0.3) is 0 Å². The summed E-state index contributed by atoms with van der Waals surface area (Å²) in [7, 11) is 3.03. The molecular weight excluding hydrogens is 1120 g/mol. The molecule has 12 rings (SSSR count). The molecule has 13 atom stereocenters. The molecule has 2 aromatic carbocycles. The molecule has 462 valence electrons. The van der Waals surface area contributed by atoms with Crippen LogP contribution < -0.4 is 21.1 Å². The number of ketones is 2. The maximum absolute atomic E-state index is 14.5. The third-order valence-corrected chi connectivity index (χ3v) is 19.9. The summed E-state index contributed by atoms with van der Waals surface area (Å²) < 4.78 is 37.2. The number of carbonyl (C=O) groups excluding carboxylic acids is 8. The highest BCUT2D eigenvalue weighted by molar-refractivity contribution is 6.13. The Morgan fingerprint density at radius 2 is 1.57 bits per heavy atom. The molecule has 10 aliphatic rings. The second kappa shape index (κ2) is 23.3. The number of aliphatic hydroxyl groups is 4. The lowest BCUT2D eigenvalue weighted by atomic mass is 9.38. The molecule has 0 unspecified atom stereocenters. The summed E-state index contributed by atoms with van der Waals surface area (Å²) >= 11 is 0. The molecule has 24 nitrogen and oxygen atoms in total. The molecule has 7 aliphatic carbocycles. The monoisotopic (exact) mass is 1190 g/mol. The van der Waals surface area contributed by atoms with E-state index in [1.165, 1.54) is 40.6 Å². The summed E-state index contributed by atoms with van der Waals surface area (Å²) in [5.74, 6) is -3.39. The summed E-state index contributed by atoms with van der Waals surface area (Å²) in [5.41, 5.74) is 6.69. The molecule has 2 saturated heterocycles. The summed E-state index contributed by atoms with van der Waals surface area (Å²) in [6, 6.07) is 12.5. The smallest absolute Gasteiger partial charge is 0.409 e. The number of likely N-dealkylation sites (N-methyl/N-ethyl adjacent to an activating group) is 2. The van der Waals surface area contributed by atoms with E-state index in [4.69, 9.17) is 34.2 Å². The average molecular weight is 1190 g/mol. The van der Waals surface area contributed by atoms with Gasteiger partial charge < -0.3 is 75.0 Å². The molecule has 6 amide bonds. The second-order valence-electron chi connectivity index (χ2n) is 25.7. The number of nitrogens with one attached hydrogen (secondary N) is 2. The Bertz CT molecular complexity index is 3130. The van der Waals surface area contributed by atoms with Crippen molar-refractivity contribution >= 4 is 53.1 Å². The molecule has 24 heteroatoms. The maximum Gasteiger partial charge on any atom is 0.409 e. The highest BCUT2D eigenvalue weighted by Gasteiger charge is 2.76. The normalized spacial score (nSPS) is 35.2. The number of Topliss-reactive ketones (excluding diaryl/α,β-unsaturated/α-hetero) is 1. The lowest BCUT2D eigenvalue weighted by Gasteiger charge is -2.69. The molecule has 8 fully saturated rings. The van der Waals surface area contributed by atoms with Gasteiger partial charge in [-0.25, -0.2) is 9.59 Å². The van der Waals surface area contributed by atoms with E-state index in [-0.39, 0.29) is 105 Å². The van der Waals surface area contributed by atoms with Crippen molar-refractivity contribution in [1.29, 1.82) is 0 Å². The van der Waals surface area contributed by atoms with Gasteiger partial charge in [0.05, 0.1) is 18.4 Å². The Kier molecular flexibility index (Phi) is 16.5. The first kappa shape index (κ1) is 60.8. The quantitative estimate of drug-likeness (QED) is 0.0937. The van der Waals surface area contributed by atoms with Gasteiger partial charge >= 0.3 is 12.2 Å². The van der Waals surface area contributed by atoms with E-state index in [1.54, 1.807) is 19.2 Å². The minimum Gasteiger partial charge on any atom is -0.460 e. The van der Waals surface area contributed by atoms with Crippen LogP contribution in [0, 0.1) is 34.0 Å². The molecule has 6 saturated carbocycles. The fraction of sp³-hybridized carbons (Fsp3) is 0.581. The van der Waals surface area contributed by atoms with Crippen LogP contribution in [0.1, 0.15) is 94.6 Å². The van der Waals surface area contributed by atoms with Gasteiger partial charge in [0.2, 0.25) is 18.1 Å². The van der Waals surface area contributed by atoms with E-state index in [1.807, 2.05) is 25.1 Å². The second-order valence-corrected chi connectivity index (χ2v) is 25.7.